The van der Waals surface area contributed by atoms with Gasteiger partial charge in [-0.05, 0) is 50.0 Å². The Kier molecular flexibility index (Phi) is 4.18. The number of alkyl halides is 3. The molecule has 2 aliphatic heterocycles. The highest BCUT2D eigenvalue weighted by Crippen LogP contribution is 2.43. The number of benzene rings is 1. The lowest BCUT2D eigenvalue weighted by atomic mass is 9.77. The normalized spacial score (nSPS) is 21.3. The van der Waals surface area contributed by atoms with E-state index in [4.69, 9.17) is 16.2 Å². The summed E-state index contributed by atoms with van der Waals surface area (Å²) in [6.45, 7) is 3.68. The summed E-state index contributed by atoms with van der Waals surface area (Å²) in [6, 6.07) is 2.69. The molecule has 23 heavy (non-hydrogen) atoms. The molecule has 3 rings (SSSR count). The Bertz CT molecular complexity index is 579. The van der Waals surface area contributed by atoms with Gasteiger partial charge in [0.15, 0.2) is 0 Å². The molecule has 2 aliphatic rings. The lowest BCUT2D eigenvalue weighted by molar-refractivity contribution is -0.141. The number of likely N-dealkylation sites (tertiary alicyclic amines) is 1. The van der Waals surface area contributed by atoms with E-state index in [2.05, 4.69) is 4.90 Å². The summed E-state index contributed by atoms with van der Waals surface area (Å²) in [7, 11) is 0. The van der Waals surface area contributed by atoms with Gasteiger partial charge in [0, 0.05) is 23.3 Å². The van der Waals surface area contributed by atoms with Gasteiger partial charge >= 0.3 is 6.18 Å². The van der Waals surface area contributed by atoms with Crippen LogP contribution in [0.1, 0.15) is 24.0 Å². The van der Waals surface area contributed by atoms with Gasteiger partial charge in [-0.15, -0.1) is 0 Å². The zero-order valence-electron chi connectivity index (χ0n) is 13.0. The number of nitrogen functional groups attached to an aromatic ring is 2. The third kappa shape index (κ3) is 3.26. The molecule has 4 nitrogen and oxygen atoms in total. The van der Waals surface area contributed by atoms with Crippen molar-refractivity contribution in [2.75, 3.05) is 44.3 Å². The maximum atomic E-state index is 13.4. The molecular weight excluding hydrogens is 307 g/mol. The molecule has 0 aliphatic carbocycles. The van der Waals surface area contributed by atoms with Crippen LogP contribution in [0.3, 0.4) is 0 Å². The summed E-state index contributed by atoms with van der Waals surface area (Å²) < 4.78 is 45.6. The van der Waals surface area contributed by atoms with Crippen LogP contribution < -0.4 is 11.5 Å². The molecule has 0 aromatic heterocycles. The molecule has 7 heteroatoms. The van der Waals surface area contributed by atoms with E-state index in [0.29, 0.717) is 13.2 Å². The SMILES string of the molecule is Nc1ccc(N)c(C(F)(F)F)c1CC1(CN2CCCC2)COC1. The number of ether oxygens (including phenoxy) is 1. The van der Waals surface area contributed by atoms with E-state index in [9.17, 15) is 13.2 Å². The number of hydrogen-bond donors (Lipinski definition) is 2. The van der Waals surface area contributed by atoms with Crippen LogP contribution in [0.15, 0.2) is 12.1 Å². The van der Waals surface area contributed by atoms with Gasteiger partial charge in [0.1, 0.15) is 0 Å². The molecule has 0 spiro atoms. The van der Waals surface area contributed by atoms with E-state index < -0.39 is 11.7 Å². The van der Waals surface area contributed by atoms with Crippen LogP contribution in [0, 0.1) is 5.41 Å². The third-order valence-electron chi connectivity index (χ3n) is 4.79. The smallest absolute Gasteiger partial charge is 0.398 e. The lowest BCUT2D eigenvalue weighted by Crippen LogP contribution is -2.52. The van der Waals surface area contributed by atoms with Gasteiger partial charge < -0.3 is 21.1 Å². The molecule has 1 aromatic carbocycles. The van der Waals surface area contributed by atoms with Crippen LogP contribution in [0.25, 0.3) is 0 Å². The molecule has 1 aromatic rings. The molecule has 2 fully saturated rings. The van der Waals surface area contributed by atoms with Crippen molar-refractivity contribution in [2.45, 2.75) is 25.4 Å². The van der Waals surface area contributed by atoms with Crippen LogP contribution in [-0.2, 0) is 17.3 Å². The minimum atomic E-state index is -4.51. The van der Waals surface area contributed by atoms with Gasteiger partial charge in [-0.3, -0.25) is 0 Å². The Morgan fingerprint density at radius 3 is 2.22 bits per heavy atom. The van der Waals surface area contributed by atoms with Crippen LogP contribution in [0.2, 0.25) is 0 Å². The summed E-state index contributed by atoms with van der Waals surface area (Å²) in [6.07, 6.45) is -1.97. The van der Waals surface area contributed by atoms with Crippen LogP contribution >= 0.6 is 0 Å². The van der Waals surface area contributed by atoms with Gasteiger partial charge in [0.2, 0.25) is 0 Å². The molecule has 0 bridgehead atoms. The third-order valence-corrected chi connectivity index (χ3v) is 4.79. The quantitative estimate of drug-likeness (QED) is 0.833. The fraction of sp³-hybridized carbons (Fsp3) is 0.625. The first-order valence-electron chi connectivity index (χ1n) is 7.85. The number of halogens is 3. The number of nitrogens with zero attached hydrogens (tertiary/aromatic N) is 1. The predicted octanol–water partition coefficient (Wildman–Crippen LogP) is 2.52. The first-order chi connectivity index (χ1) is 10.8. The average molecular weight is 329 g/mol. The number of rotatable bonds is 4. The van der Waals surface area contributed by atoms with E-state index in [1.54, 1.807) is 0 Å². The molecule has 2 saturated heterocycles. The Morgan fingerprint density at radius 1 is 1.09 bits per heavy atom. The highest BCUT2D eigenvalue weighted by molar-refractivity contribution is 5.63. The van der Waals surface area contributed by atoms with E-state index in [-0.39, 0.29) is 28.8 Å². The molecule has 4 N–H and O–H groups in total. The summed E-state index contributed by atoms with van der Waals surface area (Å²) in [5, 5.41) is 0. The standard InChI is InChI=1S/C16H22F3N3O/c17-16(18,19)14-11(12(20)3-4-13(14)21)7-15(9-23-10-15)8-22-5-1-2-6-22/h3-4H,1-2,5-10,20-21H2. The van der Waals surface area contributed by atoms with Gasteiger partial charge in [-0.1, -0.05) is 0 Å². The number of nitrogens with two attached hydrogens (primary N) is 2. The topological polar surface area (TPSA) is 64.5 Å². The zero-order chi connectivity index (χ0) is 16.7. The molecule has 2 heterocycles. The average Bonchev–Trinajstić information content (AvgIpc) is 2.91. The van der Waals surface area contributed by atoms with E-state index >= 15 is 0 Å². The molecule has 0 saturated carbocycles. The van der Waals surface area contributed by atoms with E-state index in [1.807, 2.05) is 0 Å². The number of hydrogen-bond acceptors (Lipinski definition) is 4. The molecule has 0 atom stereocenters. The maximum Gasteiger partial charge on any atom is 0.418 e. The van der Waals surface area contributed by atoms with Crippen molar-refractivity contribution in [1.82, 2.24) is 4.90 Å². The van der Waals surface area contributed by atoms with Crippen molar-refractivity contribution in [1.29, 1.82) is 0 Å². The molecule has 128 valence electrons. The lowest BCUT2D eigenvalue weighted by Gasteiger charge is -2.44. The van der Waals surface area contributed by atoms with Crippen molar-refractivity contribution in [3.63, 3.8) is 0 Å². The zero-order valence-corrected chi connectivity index (χ0v) is 13.0. The summed E-state index contributed by atoms with van der Waals surface area (Å²) in [5.74, 6) is 0. The van der Waals surface area contributed by atoms with Crippen molar-refractivity contribution < 1.29 is 17.9 Å². The predicted molar refractivity (Wildman–Crippen MR) is 82.9 cm³/mol. The Morgan fingerprint density at radius 2 is 1.70 bits per heavy atom. The summed E-state index contributed by atoms with van der Waals surface area (Å²) in [5.41, 5.74) is 10.4. The second-order valence-electron chi connectivity index (χ2n) is 6.75. The van der Waals surface area contributed by atoms with Crippen molar-refractivity contribution >= 4 is 11.4 Å². The Labute approximate surface area is 133 Å². The largest absolute Gasteiger partial charge is 0.418 e. The minimum absolute atomic E-state index is 0.111. The summed E-state index contributed by atoms with van der Waals surface area (Å²) >= 11 is 0. The highest BCUT2D eigenvalue weighted by atomic mass is 19.4. The van der Waals surface area contributed by atoms with Gasteiger partial charge in [-0.25, -0.2) is 0 Å². The van der Waals surface area contributed by atoms with Gasteiger partial charge in [0.05, 0.1) is 18.8 Å². The Hall–Kier alpha value is -1.47. The molecule has 0 amide bonds. The molecular formula is C16H22F3N3O. The minimum Gasteiger partial charge on any atom is -0.398 e. The fourth-order valence-electron chi connectivity index (χ4n) is 3.64. The molecule has 0 radical (unpaired) electrons. The van der Waals surface area contributed by atoms with Crippen molar-refractivity contribution in [3.05, 3.63) is 23.3 Å². The van der Waals surface area contributed by atoms with Crippen LogP contribution in [0.5, 0.6) is 0 Å². The van der Waals surface area contributed by atoms with Gasteiger partial charge in [-0.2, -0.15) is 13.2 Å². The van der Waals surface area contributed by atoms with Crippen LogP contribution in [-0.4, -0.2) is 37.7 Å². The fourth-order valence-corrected chi connectivity index (χ4v) is 3.64. The number of anilines is 2. The van der Waals surface area contributed by atoms with Crippen molar-refractivity contribution in [2.24, 2.45) is 5.41 Å². The maximum absolute atomic E-state index is 13.4. The summed E-state index contributed by atoms with van der Waals surface area (Å²) in [4.78, 5) is 2.30. The first kappa shape index (κ1) is 16.4. The Balaban J connectivity index is 1.90. The highest BCUT2D eigenvalue weighted by Gasteiger charge is 2.44. The molecule has 0 unspecified atom stereocenters. The van der Waals surface area contributed by atoms with Gasteiger partial charge in [0.25, 0.3) is 0 Å². The second-order valence-corrected chi connectivity index (χ2v) is 6.75. The first-order valence-corrected chi connectivity index (χ1v) is 7.85. The van der Waals surface area contributed by atoms with E-state index in [1.165, 1.54) is 12.1 Å². The van der Waals surface area contributed by atoms with Crippen LogP contribution in [0.4, 0.5) is 24.5 Å². The van der Waals surface area contributed by atoms with Crippen molar-refractivity contribution in [3.8, 4) is 0 Å². The second kappa shape index (κ2) is 5.87. The monoisotopic (exact) mass is 329 g/mol. The van der Waals surface area contributed by atoms with E-state index in [0.717, 1.165) is 32.5 Å².